The predicted octanol–water partition coefficient (Wildman–Crippen LogP) is 4.78. The van der Waals surface area contributed by atoms with E-state index in [0.717, 1.165) is 39.4 Å². The molecule has 4 rings (SSSR count). The highest BCUT2D eigenvalue weighted by Gasteiger charge is 2.10. The van der Waals surface area contributed by atoms with Gasteiger partial charge in [0.1, 0.15) is 0 Å². The fourth-order valence-corrected chi connectivity index (χ4v) is 3.14. The van der Waals surface area contributed by atoms with E-state index in [-0.39, 0.29) is 5.56 Å². The van der Waals surface area contributed by atoms with Gasteiger partial charge in [0, 0.05) is 17.6 Å². The summed E-state index contributed by atoms with van der Waals surface area (Å²) in [6.45, 7) is 3.89. The number of nitrogens with one attached hydrogen (secondary N) is 1. The van der Waals surface area contributed by atoms with E-state index >= 15 is 0 Å². The van der Waals surface area contributed by atoms with E-state index in [4.69, 9.17) is 5.73 Å². The van der Waals surface area contributed by atoms with Gasteiger partial charge in [0.25, 0.3) is 5.56 Å². The lowest BCUT2D eigenvalue weighted by atomic mass is 10.1. The number of nitrogen functional groups attached to an aromatic ring is 1. The number of aliphatic imine (C=N–C) groups is 1. The normalized spacial score (nSPS) is 11.2. The summed E-state index contributed by atoms with van der Waals surface area (Å²) in [5.74, 6) is 0. The highest BCUT2D eigenvalue weighted by atomic mass is 16.1. The van der Waals surface area contributed by atoms with Gasteiger partial charge in [-0.1, -0.05) is 42.0 Å². The third-order valence-electron chi connectivity index (χ3n) is 4.86. The van der Waals surface area contributed by atoms with E-state index in [2.05, 4.69) is 10.1 Å². The van der Waals surface area contributed by atoms with E-state index in [1.165, 1.54) is 0 Å². The summed E-state index contributed by atoms with van der Waals surface area (Å²) >= 11 is 0. The van der Waals surface area contributed by atoms with E-state index in [1.54, 1.807) is 10.9 Å². The minimum atomic E-state index is -0.117. The summed E-state index contributed by atoms with van der Waals surface area (Å²) in [5, 5.41) is 3.12. The number of nitrogens with zero attached hydrogens (tertiary/aromatic N) is 2. The monoisotopic (exact) mass is 382 g/mol. The first kappa shape index (κ1) is 18.5. The molecule has 0 aliphatic heterocycles. The van der Waals surface area contributed by atoms with Crippen molar-refractivity contribution in [1.29, 1.82) is 0 Å². The van der Waals surface area contributed by atoms with Crippen LogP contribution in [0.2, 0.25) is 0 Å². The SMILES string of the molecule is Cc1ccc(-n2[nH]c(C)c(C=Nc3ccc(-c4ccc(N)cc4)cc3)c2=O)cc1. The van der Waals surface area contributed by atoms with Gasteiger partial charge in [-0.3, -0.25) is 14.9 Å². The molecule has 3 aromatic carbocycles. The van der Waals surface area contributed by atoms with Crippen molar-refractivity contribution in [3.8, 4) is 16.8 Å². The van der Waals surface area contributed by atoms with Crippen molar-refractivity contribution < 1.29 is 0 Å². The Kier molecular flexibility index (Phi) is 4.87. The molecule has 0 aliphatic carbocycles. The van der Waals surface area contributed by atoms with Crippen LogP contribution in [0.15, 0.2) is 82.6 Å². The molecule has 3 N–H and O–H groups in total. The molecular weight excluding hydrogens is 360 g/mol. The fourth-order valence-electron chi connectivity index (χ4n) is 3.14. The molecule has 0 unspecified atom stereocenters. The zero-order valence-electron chi connectivity index (χ0n) is 16.4. The van der Waals surface area contributed by atoms with Crippen LogP contribution >= 0.6 is 0 Å². The molecule has 0 fully saturated rings. The molecule has 144 valence electrons. The first-order chi connectivity index (χ1) is 14.0. The maximum Gasteiger partial charge on any atom is 0.280 e. The number of hydrogen-bond donors (Lipinski definition) is 2. The highest BCUT2D eigenvalue weighted by molar-refractivity contribution is 5.83. The summed E-state index contributed by atoms with van der Waals surface area (Å²) < 4.78 is 1.54. The number of nitrogens with two attached hydrogens (primary N) is 1. The van der Waals surface area contributed by atoms with E-state index in [0.29, 0.717) is 5.56 Å². The zero-order valence-corrected chi connectivity index (χ0v) is 16.4. The number of benzene rings is 3. The predicted molar refractivity (Wildman–Crippen MR) is 119 cm³/mol. The van der Waals surface area contributed by atoms with Gasteiger partial charge in [0.2, 0.25) is 0 Å². The van der Waals surface area contributed by atoms with Gasteiger partial charge in [0.05, 0.1) is 16.9 Å². The number of hydrogen-bond acceptors (Lipinski definition) is 3. The Morgan fingerprint density at radius 2 is 1.45 bits per heavy atom. The second-order valence-corrected chi connectivity index (χ2v) is 7.05. The Hall–Kier alpha value is -3.86. The molecule has 1 aromatic heterocycles. The van der Waals surface area contributed by atoms with E-state index < -0.39 is 0 Å². The van der Waals surface area contributed by atoms with Crippen LogP contribution in [-0.4, -0.2) is 16.0 Å². The van der Waals surface area contributed by atoms with Crippen molar-refractivity contribution in [2.45, 2.75) is 13.8 Å². The zero-order chi connectivity index (χ0) is 20.4. The highest BCUT2D eigenvalue weighted by Crippen LogP contribution is 2.23. The lowest BCUT2D eigenvalue weighted by Crippen LogP contribution is -2.17. The molecule has 0 atom stereocenters. The standard InChI is InChI=1S/C24H22N4O/c1-16-3-13-22(14-4-16)28-24(29)23(17(2)27-28)15-26-21-11-7-19(8-12-21)18-5-9-20(25)10-6-18/h3-15,27H,25H2,1-2H3. The molecule has 0 spiro atoms. The molecule has 0 bridgehead atoms. The first-order valence-electron chi connectivity index (χ1n) is 9.40. The lowest BCUT2D eigenvalue weighted by Gasteiger charge is -2.02. The number of anilines is 1. The van der Waals surface area contributed by atoms with Crippen LogP contribution in [0.4, 0.5) is 11.4 Å². The summed E-state index contributed by atoms with van der Waals surface area (Å²) in [6.07, 6.45) is 1.62. The lowest BCUT2D eigenvalue weighted by molar-refractivity contribution is 0.835. The van der Waals surface area contributed by atoms with Gasteiger partial charge in [-0.25, -0.2) is 4.68 Å². The van der Waals surface area contributed by atoms with Crippen LogP contribution in [0.25, 0.3) is 16.8 Å². The number of rotatable bonds is 4. The molecule has 29 heavy (non-hydrogen) atoms. The largest absolute Gasteiger partial charge is 0.399 e. The van der Waals surface area contributed by atoms with Crippen LogP contribution in [0, 0.1) is 13.8 Å². The molecular formula is C24H22N4O. The Labute approximate surface area is 169 Å². The minimum Gasteiger partial charge on any atom is -0.399 e. The Bertz CT molecular complexity index is 1210. The smallest absolute Gasteiger partial charge is 0.280 e. The summed E-state index contributed by atoms with van der Waals surface area (Å²) in [7, 11) is 0. The molecule has 0 aliphatic rings. The number of aryl methyl sites for hydroxylation is 2. The van der Waals surface area contributed by atoms with Gasteiger partial charge >= 0.3 is 0 Å². The minimum absolute atomic E-state index is 0.117. The average Bonchev–Trinajstić information content (AvgIpc) is 3.02. The molecule has 4 aromatic rings. The maximum atomic E-state index is 12.8. The second kappa shape index (κ2) is 7.64. The van der Waals surface area contributed by atoms with Crippen molar-refractivity contribution in [1.82, 2.24) is 9.78 Å². The number of H-pyrrole nitrogens is 1. The van der Waals surface area contributed by atoms with Crippen LogP contribution in [-0.2, 0) is 0 Å². The van der Waals surface area contributed by atoms with E-state index in [1.807, 2.05) is 86.6 Å². The molecule has 0 saturated heterocycles. The number of aromatic nitrogens is 2. The van der Waals surface area contributed by atoms with Crippen LogP contribution < -0.4 is 11.3 Å². The first-order valence-corrected chi connectivity index (χ1v) is 9.40. The molecule has 0 saturated carbocycles. The van der Waals surface area contributed by atoms with Gasteiger partial charge in [-0.2, -0.15) is 0 Å². The van der Waals surface area contributed by atoms with E-state index in [9.17, 15) is 4.79 Å². The van der Waals surface area contributed by atoms with Crippen molar-refractivity contribution >= 4 is 17.6 Å². The van der Waals surface area contributed by atoms with Crippen LogP contribution in [0.3, 0.4) is 0 Å². The van der Waals surface area contributed by atoms with Gasteiger partial charge in [-0.15, -0.1) is 0 Å². The Morgan fingerprint density at radius 1 is 0.862 bits per heavy atom. The summed E-state index contributed by atoms with van der Waals surface area (Å²) in [4.78, 5) is 17.3. The second-order valence-electron chi connectivity index (χ2n) is 7.05. The van der Waals surface area contributed by atoms with Gasteiger partial charge < -0.3 is 5.73 Å². The van der Waals surface area contributed by atoms with Crippen molar-refractivity contribution in [3.63, 3.8) is 0 Å². The molecule has 0 radical (unpaired) electrons. The number of aromatic amines is 1. The topological polar surface area (TPSA) is 76.2 Å². The quantitative estimate of drug-likeness (QED) is 0.393. The fraction of sp³-hybridized carbons (Fsp3) is 0.0833. The summed E-state index contributed by atoms with van der Waals surface area (Å²) in [6, 6.07) is 23.4. The Balaban J connectivity index is 1.58. The van der Waals surface area contributed by atoms with Crippen LogP contribution in [0.1, 0.15) is 16.8 Å². The van der Waals surface area contributed by atoms with Crippen molar-refractivity contribution in [2.24, 2.45) is 4.99 Å². The van der Waals surface area contributed by atoms with Crippen molar-refractivity contribution in [2.75, 3.05) is 5.73 Å². The van der Waals surface area contributed by atoms with Gasteiger partial charge in [-0.05, 0) is 61.4 Å². The molecule has 5 heteroatoms. The molecule has 1 heterocycles. The maximum absolute atomic E-state index is 12.8. The Morgan fingerprint density at radius 3 is 2.07 bits per heavy atom. The van der Waals surface area contributed by atoms with Crippen LogP contribution in [0.5, 0.6) is 0 Å². The average molecular weight is 382 g/mol. The third-order valence-corrected chi connectivity index (χ3v) is 4.86. The molecule has 5 nitrogen and oxygen atoms in total. The van der Waals surface area contributed by atoms with Gasteiger partial charge in [0.15, 0.2) is 0 Å². The molecule has 0 amide bonds. The summed E-state index contributed by atoms with van der Waals surface area (Å²) in [5.41, 5.74) is 12.6. The van der Waals surface area contributed by atoms with Crippen molar-refractivity contribution in [3.05, 3.63) is 100.0 Å². The third kappa shape index (κ3) is 3.89.